The minimum absolute atomic E-state index is 0.795. The van der Waals surface area contributed by atoms with E-state index in [1.807, 2.05) is 49.6 Å². The summed E-state index contributed by atoms with van der Waals surface area (Å²) in [5, 5.41) is 3.16. The van der Waals surface area contributed by atoms with Crippen molar-refractivity contribution >= 4 is 0 Å². The van der Waals surface area contributed by atoms with Crippen LogP contribution >= 0.6 is 0 Å². The molecule has 2 rings (SSSR count). The fourth-order valence-electron chi connectivity index (χ4n) is 1.81. The molecule has 3 heteroatoms. The second-order valence-corrected chi connectivity index (χ2v) is 3.77. The number of hydrogen-bond donors (Lipinski definition) is 1. The molecule has 0 amide bonds. The fraction of sp³-hybridized carbons (Fsp3) is 0.214. The highest BCUT2D eigenvalue weighted by molar-refractivity contribution is 5.64. The molecular weight excluding hydrogens is 212 g/mol. The van der Waals surface area contributed by atoms with Crippen molar-refractivity contribution in [2.24, 2.45) is 0 Å². The average Bonchev–Trinajstić information content (AvgIpc) is 2.40. The van der Waals surface area contributed by atoms with Gasteiger partial charge in [-0.15, -0.1) is 0 Å². The number of nitrogens with one attached hydrogen (secondary N) is 1. The molecule has 2 aromatic rings. The Morgan fingerprint density at radius 1 is 1.24 bits per heavy atom. The molecular formula is C14H16N2O. The quantitative estimate of drug-likeness (QED) is 0.873. The van der Waals surface area contributed by atoms with Crippen LogP contribution in [0, 0.1) is 0 Å². The first-order valence-corrected chi connectivity index (χ1v) is 5.58. The number of hydrogen-bond acceptors (Lipinski definition) is 3. The van der Waals surface area contributed by atoms with Gasteiger partial charge in [0.05, 0.1) is 12.8 Å². The Labute approximate surface area is 101 Å². The molecule has 0 saturated heterocycles. The van der Waals surface area contributed by atoms with Gasteiger partial charge in [0.1, 0.15) is 5.75 Å². The molecule has 0 aliphatic heterocycles. The third-order valence-corrected chi connectivity index (χ3v) is 2.62. The van der Waals surface area contributed by atoms with Crippen LogP contribution in [0.4, 0.5) is 0 Å². The smallest absolute Gasteiger partial charge is 0.119 e. The zero-order chi connectivity index (χ0) is 12.1. The highest BCUT2D eigenvalue weighted by Gasteiger charge is 2.06. The van der Waals surface area contributed by atoms with E-state index in [9.17, 15) is 0 Å². The summed E-state index contributed by atoms with van der Waals surface area (Å²) in [6.45, 7) is 0.795. The molecule has 88 valence electrons. The van der Waals surface area contributed by atoms with E-state index in [4.69, 9.17) is 4.74 Å². The van der Waals surface area contributed by atoms with Gasteiger partial charge in [0.2, 0.25) is 0 Å². The van der Waals surface area contributed by atoms with Crippen LogP contribution in [0.1, 0.15) is 5.56 Å². The SMILES string of the molecule is CNCc1cc(OC)ccc1-c1ccccn1. The number of ether oxygens (including phenoxy) is 1. The molecule has 0 aliphatic carbocycles. The minimum Gasteiger partial charge on any atom is -0.497 e. The first-order valence-electron chi connectivity index (χ1n) is 5.58. The molecule has 0 unspecified atom stereocenters. The van der Waals surface area contributed by atoms with Gasteiger partial charge in [0, 0.05) is 18.3 Å². The maximum Gasteiger partial charge on any atom is 0.119 e. The first kappa shape index (κ1) is 11.6. The van der Waals surface area contributed by atoms with Crippen molar-refractivity contribution in [2.45, 2.75) is 6.54 Å². The molecule has 0 aliphatic rings. The molecule has 0 radical (unpaired) electrons. The summed E-state index contributed by atoms with van der Waals surface area (Å²) in [4.78, 5) is 4.38. The largest absolute Gasteiger partial charge is 0.497 e. The Morgan fingerprint density at radius 3 is 2.76 bits per heavy atom. The van der Waals surface area contributed by atoms with E-state index in [-0.39, 0.29) is 0 Å². The Balaban J connectivity index is 2.46. The first-order chi connectivity index (χ1) is 8.35. The van der Waals surface area contributed by atoms with Gasteiger partial charge in [-0.3, -0.25) is 4.98 Å². The van der Waals surface area contributed by atoms with Crippen molar-refractivity contribution in [3.05, 3.63) is 48.2 Å². The van der Waals surface area contributed by atoms with Gasteiger partial charge in [-0.05, 0) is 42.9 Å². The van der Waals surface area contributed by atoms with Crippen LogP contribution in [0.25, 0.3) is 11.3 Å². The topological polar surface area (TPSA) is 34.1 Å². The fourth-order valence-corrected chi connectivity index (χ4v) is 1.81. The van der Waals surface area contributed by atoms with E-state index in [1.165, 1.54) is 5.56 Å². The van der Waals surface area contributed by atoms with E-state index in [0.717, 1.165) is 23.6 Å². The summed E-state index contributed by atoms with van der Waals surface area (Å²) in [6, 6.07) is 12.0. The zero-order valence-corrected chi connectivity index (χ0v) is 10.1. The Bertz CT molecular complexity index is 483. The highest BCUT2D eigenvalue weighted by Crippen LogP contribution is 2.25. The molecule has 0 fully saturated rings. The number of aromatic nitrogens is 1. The number of rotatable bonds is 4. The number of methoxy groups -OCH3 is 1. The van der Waals surface area contributed by atoms with Gasteiger partial charge < -0.3 is 10.1 Å². The lowest BCUT2D eigenvalue weighted by Crippen LogP contribution is -2.07. The second-order valence-electron chi connectivity index (χ2n) is 3.77. The van der Waals surface area contributed by atoms with Crippen LogP contribution in [-0.2, 0) is 6.54 Å². The number of benzene rings is 1. The van der Waals surface area contributed by atoms with Gasteiger partial charge in [0.15, 0.2) is 0 Å². The maximum atomic E-state index is 5.24. The normalized spacial score (nSPS) is 10.2. The van der Waals surface area contributed by atoms with Gasteiger partial charge in [-0.2, -0.15) is 0 Å². The molecule has 0 atom stereocenters. The predicted molar refractivity (Wildman–Crippen MR) is 69.0 cm³/mol. The third kappa shape index (κ3) is 2.63. The monoisotopic (exact) mass is 228 g/mol. The lowest BCUT2D eigenvalue weighted by atomic mass is 10.0. The molecule has 1 heterocycles. The highest BCUT2D eigenvalue weighted by atomic mass is 16.5. The van der Waals surface area contributed by atoms with Crippen molar-refractivity contribution in [2.75, 3.05) is 14.2 Å². The van der Waals surface area contributed by atoms with Crippen molar-refractivity contribution in [1.29, 1.82) is 0 Å². The van der Waals surface area contributed by atoms with Gasteiger partial charge in [-0.1, -0.05) is 6.07 Å². The molecule has 0 bridgehead atoms. The van der Waals surface area contributed by atoms with Crippen LogP contribution in [0.3, 0.4) is 0 Å². The van der Waals surface area contributed by atoms with E-state index >= 15 is 0 Å². The van der Waals surface area contributed by atoms with Crippen LogP contribution < -0.4 is 10.1 Å². The number of nitrogens with zero attached hydrogens (tertiary/aromatic N) is 1. The Kier molecular flexibility index (Phi) is 3.73. The van der Waals surface area contributed by atoms with Crippen LogP contribution in [0.2, 0.25) is 0 Å². The van der Waals surface area contributed by atoms with Crippen LogP contribution in [0.15, 0.2) is 42.6 Å². The van der Waals surface area contributed by atoms with Gasteiger partial charge in [0.25, 0.3) is 0 Å². The van der Waals surface area contributed by atoms with Crippen molar-refractivity contribution in [1.82, 2.24) is 10.3 Å². The van der Waals surface area contributed by atoms with Crippen molar-refractivity contribution in [3.63, 3.8) is 0 Å². The Hall–Kier alpha value is -1.87. The van der Waals surface area contributed by atoms with E-state index < -0.39 is 0 Å². The third-order valence-electron chi connectivity index (χ3n) is 2.62. The summed E-state index contributed by atoms with van der Waals surface area (Å²) in [5.74, 6) is 0.870. The molecule has 1 aromatic carbocycles. The van der Waals surface area contributed by atoms with Crippen LogP contribution in [0.5, 0.6) is 5.75 Å². The van der Waals surface area contributed by atoms with Crippen molar-refractivity contribution < 1.29 is 4.74 Å². The summed E-state index contributed by atoms with van der Waals surface area (Å²) >= 11 is 0. The molecule has 0 spiro atoms. The van der Waals surface area contributed by atoms with E-state index in [1.54, 1.807) is 7.11 Å². The molecule has 1 aromatic heterocycles. The molecule has 17 heavy (non-hydrogen) atoms. The standard InChI is InChI=1S/C14H16N2O/c1-15-10-11-9-12(17-2)6-7-13(11)14-5-3-4-8-16-14/h3-9,15H,10H2,1-2H3. The predicted octanol–water partition coefficient (Wildman–Crippen LogP) is 2.48. The molecule has 1 N–H and O–H groups in total. The van der Waals surface area contributed by atoms with E-state index in [0.29, 0.717) is 0 Å². The molecule has 3 nitrogen and oxygen atoms in total. The summed E-state index contributed by atoms with van der Waals surface area (Å²) in [6.07, 6.45) is 1.81. The van der Waals surface area contributed by atoms with Gasteiger partial charge >= 0.3 is 0 Å². The molecule has 0 saturated carbocycles. The average molecular weight is 228 g/mol. The number of pyridine rings is 1. The maximum absolute atomic E-state index is 5.24. The van der Waals surface area contributed by atoms with Crippen LogP contribution in [-0.4, -0.2) is 19.1 Å². The summed E-state index contributed by atoms with van der Waals surface area (Å²) in [7, 11) is 3.61. The lowest BCUT2D eigenvalue weighted by Gasteiger charge is -2.10. The van der Waals surface area contributed by atoms with Gasteiger partial charge in [-0.25, -0.2) is 0 Å². The summed E-state index contributed by atoms with van der Waals surface area (Å²) in [5.41, 5.74) is 3.31. The van der Waals surface area contributed by atoms with Crippen molar-refractivity contribution in [3.8, 4) is 17.0 Å². The Morgan fingerprint density at radius 2 is 2.12 bits per heavy atom. The van der Waals surface area contributed by atoms with E-state index in [2.05, 4.69) is 10.3 Å². The zero-order valence-electron chi connectivity index (χ0n) is 10.1. The lowest BCUT2D eigenvalue weighted by molar-refractivity contribution is 0.414. The second kappa shape index (κ2) is 5.46. The minimum atomic E-state index is 0.795. The summed E-state index contributed by atoms with van der Waals surface area (Å²) < 4.78 is 5.24.